The number of carbonyl (C=O) groups is 1. The fourth-order valence-electron chi connectivity index (χ4n) is 0.394. The van der Waals surface area contributed by atoms with Crippen LogP contribution in [0.3, 0.4) is 0 Å². The minimum Gasteiger partial charge on any atom is -0.293 e. The Morgan fingerprint density at radius 3 is 2.67 bits per heavy atom. The molecule has 0 fully saturated rings. The molecule has 3 heteroatoms. The van der Waals surface area contributed by atoms with Gasteiger partial charge in [-0.1, -0.05) is 13.5 Å². The summed E-state index contributed by atoms with van der Waals surface area (Å²) < 4.78 is 0. The Bertz CT molecular complexity index is 120. The number of carbonyl (C=O) groups excluding carboxylic acids is 1. The Morgan fingerprint density at radius 1 is 1.78 bits per heavy atom. The molecular formula is C6H11NO2. The molecule has 0 saturated heterocycles. The van der Waals surface area contributed by atoms with Gasteiger partial charge in [-0.2, -0.15) is 0 Å². The lowest BCUT2D eigenvalue weighted by Gasteiger charge is -2.01. The Morgan fingerprint density at radius 2 is 2.33 bits per heavy atom. The van der Waals surface area contributed by atoms with E-state index in [1.165, 1.54) is 7.11 Å². The molecule has 0 unspecified atom stereocenters. The molecule has 0 bridgehead atoms. The van der Waals surface area contributed by atoms with Gasteiger partial charge in [-0.25, -0.2) is 0 Å². The number of hydroxylamine groups is 1. The fraction of sp³-hybridized carbons (Fsp3) is 0.500. The first-order valence-electron chi connectivity index (χ1n) is 2.73. The van der Waals surface area contributed by atoms with E-state index in [1.54, 1.807) is 6.92 Å². The van der Waals surface area contributed by atoms with Crippen molar-refractivity contribution in [1.82, 2.24) is 5.48 Å². The van der Waals surface area contributed by atoms with Gasteiger partial charge in [-0.05, 0) is 0 Å². The third-order valence-corrected chi connectivity index (χ3v) is 0.883. The SMILES string of the molecule is C=C(NOC)C(=O)CC. The van der Waals surface area contributed by atoms with Crippen LogP contribution in [0.5, 0.6) is 0 Å². The van der Waals surface area contributed by atoms with Crippen LogP contribution in [0, 0.1) is 0 Å². The number of nitrogens with one attached hydrogen (secondary N) is 1. The Hall–Kier alpha value is -0.830. The Balaban J connectivity index is 3.60. The predicted molar refractivity (Wildman–Crippen MR) is 34.6 cm³/mol. The van der Waals surface area contributed by atoms with Crippen molar-refractivity contribution in [3.63, 3.8) is 0 Å². The van der Waals surface area contributed by atoms with Gasteiger partial charge in [0.15, 0.2) is 5.78 Å². The van der Waals surface area contributed by atoms with Gasteiger partial charge >= 0.3 is 0 Å². The van der Waals surface area contributed by atoms with Crippen LogP contribution in [0.15, 0.2) is 12.3 Å². The van der Waals surface area contributed by atoms with Crippen molar-refractivity contribution >= 4 is 5.78 Å². The Kier molecular flexibility index (Phi) is 3.71. The van der Waals surface area contributed by atoms with Crippen molar-refractivity contribution in [2.24, 2.45) is 0 Å². The summed E-state index contributed by atoms with van der Waals surface area (Å²) in [5.74, 6) is -0.0307. The summed E-state index contributed by atoms with van der Waals surface area (Å²) in [6.45, 7) is 5.20. The average molecular weight is 129 g/mol. The number of hydrogen-bond acceptors (Lipinski definition) is 3. The van der Waals surface area contributed by atoms with E-state index in [4.69, 9.17) is 0 Å². The van der Waals surface area contributed by atoms with Crippen LogP contribution >= 0.6 is 0 Å². The van der Waals surface area contributed by atoms with E-state index in [0.29, 0.717) is 12.1 Å². The quantitative estimate of drug-likeness (QED) is 0.447. The standard InChI is InChI=1S/C6H11NO2/c1-4-6(8)5(2)7-9-3/h7H,2,4H2,1,3H3. The van der Waals surface area contributed by atoms with Gasteiger partial charge in [0.1, 0.15) is 0 Å². The van der Waals surface area contributed by atoms with Gasteiger partial charge in [-0.15, -0.1) is 0 Å². The molecular weight excluding hydrogens is 118 g/mol. The third-order valence-electron chi connectivity index (χ3n) is 0.883. The van der Waals surface area contributed by atoms with Crippen LogP contribution in [0.2, 0.25) is 0 Å². The van der Waals surface area contributed by atoms with Gasteiger partial charge in [0.25, 0.3) is 0 Å². The fourth-order valence-corrected chi connectivity index (χ4v) is 0.394. The van der Waals surface area contributed by atoms with E-state index in [9.17, 15) is 4.79 Å². The van der Waals surface area contributed by atoms with Crippen LogP contribution in [0.25, 0.3) is 0 Å². The van der Waals surface area contributed by atoms with Gasteiger partial charge in [-0.3, -0.25) is 15.1 Å². The molecule has 0 aromatic rings. The van der Waals surface area contributed by atoms with E-state index in [-0.39, 0.29) is 5.78 Å². The maximum atomic E-state index is 10.7. The number of rotatable bonds is 4. The molecule has 0 radical (unpaired) electrons. The van der Waals surface area contributed by atoms with E-state index in [1.807, 2.05) is 0 Å². The van der Waals surface area contributed by atoms with Gasteiger partial charge in [0.2, 0.25) is 0 Å². The lowest BCUT2D eigenvalue weighted by atomic mass is 10.3. The monoisotopic (exact) mass is 129 g/mol. The zero-order valence-electron chi connectivity index (χ0n) is 5.73. The zero-order chi connectivity index (χ0) is 7.28. The summed E-state index contributed by atoms with van der Waals surface area (Å²) >= 11 is 0. The topological polar surface area (TPSA) is 38.3 Å². The number of hydrogen-bond donors (Lipinski definition) is 1. The van der Waals surface area contributed by atoms with E-state index in [2.05, 4.69) is 16.9 Å². The van der Waals surface area contributed by atoms with Crippen molar-refractivity contribution in [2.45, 2.75) is 13.3 Å². The lowest BCUT2D eigenvalue weighted by molar-refractivity contribution is -0.116. The molecule has 0 aliphatic rings. The number of allylic oxidation sites excluding steroid dienone is 1. The number of ketones is 1. The maximum absolute atomic E-state index is 10.7. The highest BCUT2D eigenvalue weighted by molar-refractivity contribution is 5.93. The smallest absolute Gasteiger partial charge is 0.180 e. The first kappa shape index (κ1) is 8.17. The second-order valence-electron chi connectivity index (χ2n) is 1.56. The molecule has 0 spiro atoms. The summed E-state index contributed by atoms with van der Waals surface area (Å²) in [6.07, 6.45) is 0.454. The van der Waals surface area contributed by atoms with Gasteiger partial charge in [0.05, 0.1) is 12.8 Å². The number of Topliss-reactive ketones (excluding diaryl/α,β-unsaturated/α-hetero) is 1. The summed E-state index contributed by atoms with van der Waals surface area (Å²) in [6, 6.07) is 0. The highest BCUT2D eigenvalue weighted by Gasteiger charge is 2.00. The molecule has 0 aliphatic carbocycles. The normalized spacial score (nSPS) is 8.67. The van der Waals surface area contributed by atoms with E-state index in [0.717, 1.165) is 0 Å². The molecule has 0 amide bonds. The molecule has 0 heterocycles. The summed E-state index contributed by atoms with van der Waals surface area (Å²) in [5, 5.41) is 0. The molecule has 0 aromatic carbocycles. The van der Waals surface area contributed by atoms with Crippen molar-refractivity contribution in [3.8, 4) is 0 Å². The van der Waals surface area contributed by atoms with Crippen LogP contribution in [-0.4, -0.2) is 12.9 Å². The van der Waals surface area contributed by atoms with Gasteiger partial charge < -0.3 is 0 Å². The van der Waals surface area contributed by atoms with E-state index < -0.39 is 0 Å². The first-order chi connectivity index (χ1) is 4.22. The average Bonchev–Trinajstić information content (AvgIpc) is 1.87. The summed E-state index contributed by atoms with van der Waals surface area (Å²) in [4.78, 5) is 15.1. The Labute approximate surface area is 54.7 Å². The van der Waals surface area contributed by atoms with Crippen LogP contribution < -0.4 is 5.48 Å². The molecule has 0 atom stereocenters. The minimum atomic E-state index is -0.0307. The van der Waals surface area contributed by atoms with E-state index >= 15 is 0 Å². The minimum absolute atomic E-state index is 0.0307. The third kappa shape index (κ3) is 2.87. The summed E-state index contributed by atoms with van der Waals surface area (Å²) in [5.41, 5.74) is 2.66. The molecule has 52 valence electrons. The first-order valence-corrected chi connectivity index (χ1v) is 2.73. The van der Waals surface area contributed by atoms with Crippen LogP contribution in [0.4, 0.5) is 0 Å². The molecule has 1 N–H and O–H groups in total. The molecule has 9 heavy (non-hydrogen) atoms. The molecule has 3 nitrogen and oxygen atoms in total. The van der Waals surface area contributed by atoms with Crippen LogP contribution in [0.1, 0.15) is 13.3 Å². The highest BCUT2D eigenvalue weighted by atomic mass is 16.6. The zero-order valence-corrected chi connectivity index (χ0v) is 5.73. The van der Waals surface area contributed by atoms with Crippen molar-refractivity contribution in [1.29, 1.82) is 0 Å². The molecule has 0 aromatic heterocycles. The van der Waals surface area contributed by atoms with Crippen molar-refractivity contribution < 1.29 is 9.63 Å². The molecule has 0 rings (SSSR count). The second kappa shape index (κ2) is 4.09. The van der Waals surface area contributed by atoms with Crippen molar-refractivity contribution in [2.75, 3.05) is 7.11 Å². The lowest BCUT2D eigenvalue weighted by Crippen LogP contribution is -2.17. The second-order valence-corrected chi connectivity index (χ2v) is 1.56. The predicted octanol–water partition coefficient (Wildman–Crippen LogP) is 0.630. The summed E-state index contributed by atoms with van der Waals surface area (Å²) in [7, 11) is 1.44. The molecule has 0 aliphatic heterocycles. The van der Waals surface area contributed by atoms with Crippen molar-refractivity contribution in [3.05, 3.63) is 12.3 Å². The highest BCUT2D eigenvalue weighted by Crippen LogP contribution is 1.90. The molecule has 0 saturated carbocycles. The largest absolute Gasteiger partial charge is 0.293 e. The maximum Gasteiger partial charge on any atom is 0.180 e. The van der Waals surface area contributed by atoms with Crippen LogP contribution in [-0.2, 0) is 9.63 Å². The van der Waals surface area contributed by atoms with Gasteiger partial charge in [0, 0.05) is 6.42 Å².